The Balaban J connectivity index is 2.57. The molecule has 0 atom stereocenters. The van der Waals surface area contributed by atoms with Crippen LogP contribution in [0.2, 0.25) is 0 Å². The van der Waals surface area contributed by atoms with Crippen molar-refractivity contribution in [3.63, 3.8) is 0 Å². The Morgan fingerprint density at radius 2 is 2.31 bits per heavy atom. The molecule has 16 heavy (non-hydrogen) atoms. The number of aromatic nitrogens is 2. The molecule has 0 radical (unpaired) electrons. The standard InChI is InChI=1S/C9H7N3O4/c1-15-6-2-3-7(8(4-6)12(13)14)9-10-5-16-11-9/h2-5H,1H3. The predicted octanol–water partition coefficient (Wildman–Crippen LogP) is 1.65. The molecule has 2 aromatic rings. The molecule has 0 aliphatic heterocycles. The lowest BCUT2D eigenvalue weighted by molar-refractivity contribution is -0.384. The average Bonchev–Trinajstić information content (AvgIpc) is 2.81. The zero-order chi connectivity index (χ0) is 11.5. The molecular weight excluding hydrogens is 214 g/mol. The Morgan fingerprint density at radius 1 is 1.50 bits per heavy atom. The summed E-state index contributed by atoms with van der Waals surface area (Å²) in [6, 6.07) is 4.42. The summed E-state index contributed by atoms with van der Waals surface area (Å²) in [5, 5.41) is 14.4. The van der Waals surface area contributed by atoms with Gasteiger partial charge in [-0.15, -0.1) is 0 Å². The molecule has 0 N–H and O–H groups in total. The first kappa shape index (κ1) is 10.1. The Hall–Kier alpha value is -2.44. The molecule has 0 aliphatic rings. The number of rotatable bonds is 3. The predicted molar refractivity (Wildman–Crippen MR) is 52.9 cm³/mol. The van der Waals surface area contributed by atoms with Crippen LogP contribution in [0.15, 0.2) is 29.1 Å². The molecule has 1 heterocycles. The van der Waals surface area contributed by atoms with E-state index in [-0.39, 0.29) is 11.5 Å². The minimum absolute atomic E-state index is 0.124. The van der Waals surface area contributed by atoms with Gasteiger partial charge < -0.3 is 9.26 Å². The van der Waals surface area contributed by atoms with Crippen LogP contribution in [0.25, 0.3) is 11.4 Å². The second-order valence-electron chi connectivity index (χ2n) is 2.90. The van der Waals surface area contributed by atoms with E-state index >= 15 is 0 Å². The van der Waals surface area contributed by atoms with Crippen molar-refractivity contribution in [2.24, 2.45) is 0 Å². The van der Waals surface area contributed by atoms with Crippen LogP contribution in [0.1, 0.15) is 0 Å². The number of nitro groups is 1. The number of hydrogen-bond donors (Lipinski definition) is 0. The molecule has 82 valence electrons. The third kappa shape index (κ3) is 1.70. The highest BCUT2D eigenvalue weighted by Gasteiger charge is 2.19. The Morgan fingerprint density at radius 3 is 2.88 bits per heavy atom. The highest BCUT2D eigenvalue weighted by Crippen LogP contribution is 2.30. The first-order chi connectivity index (χ1) is 7.72. The molecule has 1 aromatic heterocycles. The second kappa shape index (κ2) is 3.97. The second-order valence-corrected chi connectivity index (χ2v) is 2.90. The first-order valence-corrected chi connectivity index (χ1v) is 4.31. The van der Waals surface area contributed by atoms with E-state index in [2.05, 4.69) is 14.7 Å². The van der Waals surface area contributed by atoms with Crippen molar-refractivity contribution in [3.05, 3.63) is 34.7 Å². The van der Waals surface area contributed by atoms with E-state index in [0.29, 0.717) is 11.3 Å². The molecule has 7 nitrogen and oxygen atoms in total. The number of nitrogens with zero attached hydrogens (tertiary/aromatic N) is 3. The average molecular weight is 221 g/mol. The molecule has 0 aliphatic carbocycles. The van der Waals surface area contributed by atoms with E-state index in [1.807, 2.05) is 0 Å². The first-order valence-electron chi connectivity index (χ1n) is 4.31. The molecule has 0 unspecified atom stereocenters. The van der Waals surface area contributed by atoms with Gasteiger partial charge in [-0.1, -0.05) is 5.16 Å². The summed E-state index contributed by atoms with van der Waals surface area (Å²) in [5.41, 5.74) is 0.167. The number of ether oxygens (including phenoxy) is 1. The van der Waals surface area contributed by atoms with Crippen LogP contribution in [-0.2, 0) is 0 Å². The molecule has 0 spiro atoms. The molecule has 7 heteroatoms. The molecule has 1 aromatic carbocycles. The van der Waals surface area contributed by atoms with Crippen molar-refractivity contribution in [3.8, 4) is 17.1 Å². The van der Waals surface area contributed by atoms with Gasteiger partial charge in [0.15, 0.2) is 0 Å². The third-order valence-corrected chi connectivity index (χ3v) is 2.00. The van der Waals surface area contributed by atoms with Crippen molar-refractivity contribution in [2.75, 3.05) is 7.11 Å². The smallest absolute Gasteiger partial charge is 0.284 e. The largest absolute Gasteiger partial charge is 0.497 e. The summed E-state index contributed by atoms with van der Waals surface area (Å²) in [6.45, 7) is 0. The number of benzene rings is 1. The molecule has 2 rings (SSSR count). The number of hydrogen-bond acceptors (Lipinski definition) is 6. The maximum absolute atomic E-state index is 10.8. The van der Waals surface area contributed by atoms with Crippen LogP contribution >= 0.6 is 0 Å². The molecule has 0 amide bonds. The normalized spacial score (nSPS) is 10.1. The van der Waals surface area contributed by atoms with Crippen molar-refractivity contribution >= 4 is 5.69 Å². The van der Waals surface area contributed by atoms with E-state index in [9.17, 15) is 10.1 Å². The van der Waals surface area contributed by atoms with Gasteiger partial charge in [-0.05, 0) is 12.1 Å². The topological polar surface area (TPSA) is 91.3 Å². The van der Waals surface area contributed by atoms with Crippen molar-refractivity contribution < 1.29 is 14.2 Å². The molecule has 0 bridgehead atoms. The lowest BCUT2D eigenvalue weighted by atomic mass is 10.1. The fourth-order valence-electron chi connectivity index (χ4n) is 1.27. The van der Waals surface area contributed by atoms with Gasteiger partial charge in [0.05, 0.1) is 18.1 Å². The van der Waals surface area contributed by atoms with Crippen LogP contribution in [0.4, 0.5) is 5.69 Å². The fourth-order valence-corrected chi connectivity index (χ4v) is 1.27. The van der Waals surface area contributed by atoms with Gasteiger partial charge in [-0.3, -0.25) is 10.1 Å². The summed E-state index contributed by atoms with van der Waals surface area (Å²) in [7, 11) is 1.44. The van der Waals surface area contributed by atoms with Crippen LogP contribution in [0.5, 0.6) is 5.75 Å². The summed E-state index contributed by atoms with van der Waals surface area (Å²) in [6.07, 6.45) is 1.11. The van der Waals surface area contributed by atoms with Crippen LogP contribution in [0.3, 0.4) is 0 Å². The highest BCUT2D eigenvalue weighted by molar-refractivity contribution is 5.69. The van der Waals surface area contributed by atoms with Crippen molar-refractivity contribution in [2.45, 2.75) is 0 Å². The van der Waals surface area contributed by atoms with E-state index in [0.717, 1.165) is 6.39 Å². The van der Waals surface area contributed by atoms with Gasteiger partial charge >= 0.3 is 0 Å². The minimum Gasteiger partial charge on any atom is -0.497 e. The fraction of sp³-hybridized carbons (Fsp3) is 0.111. The number of methoxy groups -OCH3 is 1. The van der Waals surface area contributed by atoms with Crippen LogP contribution in [0, 0.1) is 10.1 Å². The Bertz CT molecular complexity index is 509. The van der Waals surface area contributed by atoms with Gasteiger partial charge in [0.2, 0.25) is 12.2 Å². The molecule has 0 saturated carbocycles. The molecule has 0 fully saturated rings. The summed E-state index contributed by atoms with van der Waals surface area (Å²) < 4.78 is 9.45. The lowest BCUT2D eigenvalue weighted by Crippen LogP contribution is -1.94. The van der Waals surface area contributed by atoms with Gasteiger partial charge in [-0.25, -0.2) is 0 Å². The monoisotopic (exact) mass is 221 g/mol. The molecule has 0 saturated heterocycles. The molecular formula is C9H7N3O4. The van der Waals surface area contributed by atoms with Gasteiger partial charge in [0.1, 0.15) is 11.3 Å². The maximum atomic E-state index is 10.8. The maximum Gasteiger partial charge on any atom is 0.284 e. The SMILES string of the molecule is COc1ccc(-c2ncon2)c([N+](=O)[O-])c1. The van der Waals surface area contributed by atoms with Crippen molar-refractivity contribution in [1.82, 2.24) is 10.1 Å². The van der Waals surface area contributed by atoms with Gasteiger partial charge in [-0.2, -0.15) is 4.98 Å². The zero-order valence-corrected chi connectivity index (χ0v) is 8.28. The summed E-state index contributed by atoms with van der Waals surface area (Å²) in [5.74, 6) is 0.577. The number of nitro benzene ring substituents is 1. The Labute approximate surface area is 89.8 Å². The minimum atomic E-state index is -0.520. The lowest BCUT2D eigenvalue weighted by Gasteiger charge is -2.01. The zero-order valence-electron chi connectivity index (χ0n) is 8.28. The van der Waals surface area contributed by atoms with Crippen LogP contribution in [-0.4, -0.2) is 22.2 Å². The third-order valence-electron chi connectivity index (χ3n) is 2.00. The van der Waals surface area contributed by atoms with Crippen LogP contribution < -0.4 is 4.74 Å². The Kier molecular flexibility index (Phi) is 2.50. The van der Waals surface area contributed by atoms with E-state index in [4.69, 9.17) is 4.74 Å². The van der Waals surface area contributed by atoms with Gasteiger partial charge in [0.25, 0.3) is 5.69 Å². The van der Waals surface area contributed by atoms with E-state index in [1.165, 1.54) is 19.2 Å². The van der Waals surface area contributed by atoms with E-state index in [1.54, 1.807) is 6.07 Å². The highest BCUT2D eigenvalue weighted by atomic mass is 16.6. The summed E-state index contributed by atoms with van der Waals surface area (Å²) >= 11 is 0. The van der Waals surface area contributed by atoms with Gasteiger partial charge in [0, 0.05) is 0 Å². The van der Waals surface area contributed by atoms with E-state index < -0.39 is 4.92 Å². The quantitative estimate of drug-likeness (QED) is 0.578. The summed E-state index contributed by atoms with van der Waals surface area (Å²) in [4.78, 5) is 14.1. The van der Waals surface area contributed by atoms with Crippen molar-refractivity contribution in [1.29, 1.82) is 0 Å².